The van der Waals surface area contributed by atoms with Crippen LogP contribution < -0.4 is 15.6 Å². The molecule has 30 heavy (non-hydrogen) atoms. The topological polar surface area (TPSA) is 86.4 Å². The number of nitrogens with zero attached hydrogens (tertiary/aromatic N) is 2. The van der Waals surface area contributed by atoms with Crippen LogP contribution in [0.1, 0.15) is 21.8 Å². The number of carbonyl (C=O) groups is 1. The summed E-state index contributed by atoms with van der Waals surface area (Å²) in [6.45, 7) is 2.04. The van der Waals surface area contributed by atoms with Crippen molar-refractivity contribution in [2.45, 2.75) is 13.3 Å². The molecule has 1 N–H and O–H groups in total. The van der Waals surface area contributed by atoms with Gasteiger partial charge in [-0.05, 0) is 42.8 Å². The van der Waals surface area contributed by atoms with Gasteiger partial charge in [-0.15, -0.1) is 0 Å². The van der Waals surface area contributed by atoms with Crippen molar-refractivity contribution < 1.29 is 13.9 Å². The molecule has 0 radical (unpaired) electrons. The van der Waals surface area contributed by atoms with E-state index in [4.69, 9.17) is 9.15 Å². The first kappa shape index (κ1) is 19.4. The van der Waals surface area contributed by atoms with E-state index in [9.17, 15) is 9.59 Å². The minimum atomic E-state index is -0.433. The molecule has 0 aliphatic rings. The number of hydrogen-bond acceptors (Lipinski definition) is 5. The number of amides is 1. The molecular weight excluding hydrogens is 382 g/mol. The molecule has 0 aliphatic heterocycles. The maximum atomic E-state index is 13.1. The maximum absolute atomic E-state index is 13.1. The second-order valence-electron chi connectivity index (χ2n) is 6.80. The lowest BCUT2D eigenvalue weighted by molar-refractivity contribution is 0.0951. The Morgan fingerprint density at radius 2 is 1.90 bits per heavy atom. The number of benzene rings is 2. The van der Waals surface area contributed by atoms with E-state index < -0.39 is 11.5 Å². The molecule has 0 atom stereocenters. The van der Waals surface area contributed by atoms with Crippen LogP contribution in [-0.4, -0.2) is 29.1 Å². The number of aryl methyl sites for hydroxylation is 1. The van der Waals surface area contributed by atoms with Crippen LogP contribution in [0.3, 0.4) is 0 Å². The number of pyridine rings is 1. The highest BCUT2D eigenvalue weighted by Gasteiger charge is 2.18. The zero-order valence-electron chi connectivity index (χ0n) is 16.7. The van der Waals surface area contributed by atoms with Crippen LogP contribution in [0.2, 0.25) is 0 Å². The summed E-state index contributed by atoms with van der Waals surface area (Å²) >= 11 is 0. The van der Waals surface area contributed by atoms with E-state index in [0.717, 1.165) is 5.52 Å². The molecule has 0 saturated heterocycles. The van der Waals surface area contributed by atoms with E-state index in [1.54, 1.807) is 31.3 Å². The lowest BCUT2D eigenvalue weighted by atomic mass is 10.1. The fraction of sp³-hybridized carbons (Fsp3) is 0.174. The van der Waals surface area contributed by atoms with Gasteiger partial charge in [-0.1, -0.05) is 24.3 Å². The first-order valence-electron chi connectivity index (χ1n) is 9.57. The van der Waals surface area contributed by atoms with Crippen LogP contribution in [0, 0.1) is 6.92 Å². The number of carbonyl (C=O) groups excluding carboxylic acids is 1. The molecule has 0 unspecified atom stereocenters. The minimum absolute atomic E-state index is 0.0981. The molecule has 2 heterocycles. The third-order valence-corrected chi connectivity index (χ3v) is 4.83. The van der Waals surface area contributed by atoms with Crippen molar-refractivity contribution in [2.75, 3.05) is 13.7 Å². The van der Waals surface area contributed by atoms with Gasteiger partial charge in [-0.25, -0.2) is 4.98 Å². The Bertz CT molecular complexity index is 1240. The van der Waals surface area contributed by atoms with Crippen molar-refractivity contribution in [1.29, 1.82) is 0 Å². The van der Waals surface area contributed by atoms with Crippen molar-refractivity contribution in [3.8, 4) is 11.4 Å². The smallest absolute Gasteiger partial charge is 0.268 e. The number of fused-ring (bicyclic) bond motifs is 1. The van der Waals surface area contributed by atoms with E-state index in [0.29, 0.717) is 41.4 Å². The van der Waals surface area contributed by atoms with Crippen LogP contribution in [0.4, 0.5) is 0 Å². The van der Waals surface area contributed by atoms with E-state index in [-0.39, 0.29) is 5.56 Å². The molecule has 0 saturated carbocycles. The molecule has 2 aromatic heterocycles. The van der Waals surface area contributed by atoms with Gasteiger partial charge >= 0.3 is 0 Å². The molecule has 0 spiro atoms. The summed E-state index contributed by atoms with van der Waals surface area (Å²) < 4.78 is 12.4. The van der Waals surface area contributed by atoms with Gasteiger partial charge in [0.1, 0.15) is 16.8 Å². The zero-order valence-corrected chi connectivity index (χ0v) is 16.7. The molecule has 7 heteroatoms. The average molecular weight is 403 g/mol. The second kappa shape index (κ2) is 8.24. The van der Waals surface area contributed by atoms with Crippen LogP contribution in [-0.2, 0) is 6.42 Å². The number of para-hydroxylation sites is 4. The number of rotatable bonds is 6. The Kier molecular flexibility index (Phi) is 5.34. The molecule has 4 rings (SSSR count). The summed E-state index contributed by atoms with van der Waals surface area (Å²) in [6, 6.07) is 16.4. The number of nitrogens with one attached hydrogen (secondary N) is 1. The largest absolute Gasteiger partial charge is 0.495 e. The number of ether oxygens (including phenoxy) is 1. The monoisotopic (exact) mass is 403 g/mol. The second-order valence-corrected chi connectivity index (χ2v) is 6.80. The molecule has 0 fully saturated rings. The first-order valence-corrected chi connectivity index (χ1v) is 9.57. The van der Waals surface area contributed by atoms with Gasteiger partial charge in [0.15, 0.2) is 11.5 Å². The Labute approximate surface area is 172 Å². The van der Waals surface area contributed by atoms with Crippen LogP contribution >= 0.6 is 0 Å². The van der Waals surface area contributed by atoms with Gasteiger partial charge in [0.25, 0.3) is 11.5 Å². The average Bonchev–Trinajstić information content (AvgIpc) is 3.17. The summed E-state index contributed by atoms with van der Waals surface area (Å²) in [5.41, 5.74) is 2.35. The standard InChI is InChI=1S/C23H21N3O4/c1-15-12-14-26(17-8-4-6-10-19(17)29-2)23(28)21(15)22(27)24-13-11-20-25-16-7-3-5-9-18(16)30-20/h3-10,12,14H,11,13H2,1-2H3,(H,24,27). The number of methoxy groups -OCH3 is 1. The normalized spacial score (nSPS) is 10.9. The third kappa shape index (κ3) is 3.69. The van der Waals surface area contributed by atoms with Gasteiger partial charge < -0.3 is 14.5 Å². The van der Waals surface area contributed by atoms with Crippen molar-refractivity contribution in [2.24, 2.45) is 0 Å². The lowest BCUT2D eigenvalue weighted by Gasteiger charge is -2.13. The van der Waals surface area contributed by atoms with Gasteiger partial charge in [-0.3, -0.25) is 14.2 Å². The highest BCUT2D eigenvalue weighted by molar-refractivity contribution is 5.95. The van der Waals surface area contributed by atoms with E-state index >= 15 is 0 Å². The fourth-order valence-corrected chi connectivity index (χ4v) is 3.32. The molecule has 2 aromatic carbocycles. The van der Waals surface area contributed by atoms with Crippen molar-refractivity contribution >= 4 is 17.0 Å². The molecule has 0 bridgehead atoms. The predicted molar refractivity (Wildman–Crippen MR) is 113 cm³/mol. The van der Waals surface area contributed by atoms with Crippen LogP contribution in [0.25, 0.3) is 16.8 Å². The van der Waals surface area contributed by atoms with Crippen molar-refractivity contribution in [1.82, 2.24) is 14.9 Å². The van der Waals surface area contributed by atoms with Gasteiger partial charge in [0.05, 0.1) is 12.8 Å². The predicted octanol–water partition coefficient (Wildman–Crippen LogP) is 3.27. The highest BCUT2D eigenvalue weighted by atomic mass is 16.5. The fourth-order valence-electron chi connectivity index (χ4n) is 3.32. The highest BCUT2D eigenvalue weighted by Crippen LogP contribution is 2.21. The zero-order chi connectivity index (χ0) is 21.1. The van der Waals surface area contributed by atoms with Crippen LogP contribution in [0.5, 0.6) is 5.75 Å². The van der Waals surface area contributed by atoms with Gasteiger partial charge in [0.2, 0.25) is 0 Å². The maximum Gasteiger partial charge on any atom is 0.268 e. The van der Waals surface area contributed by atoms with E-state index in [1.165, 1.54) is 11.7 Å². The summed E-state index contributed by atoms with van der Waals surface area (Å²) in [5, 5.41) is 2.80. The molecule has 4 aromatic rings. The van der Waals surface area contributed by atoms with Crippen LogP contribution in [0.15, 0.2) is 70.0 Å². The lowest BCUT2D eigenvalue weighted by Crippen LogP contribution is -2.34. The first-order chi connectivity index (χ1) is 14.6. The number of oxazole rings is 1. The molecular formula is C23H21N3O4. The molecule has 1 amide bonds. The third-order valence-electron chi connectivity index (χ3n) is 4.83. The molecule has 0 aliphatic carbocycles. The van der Waals surface area contributed by atoms with E-state index in [1.807, 2.05) is 36.4 Å². The summed E-state index contributed by atoms with van der Waals surface area (Å²) in [4.78, 5) is 30.2. The Morgan fingerprint density at radius 3 is 2.70 bits per heavy atom. The van der Waals surface area contributed by atoms with Crippen molar-refractivity contribution in [3.63, 3.8) is 0 Å². The quantitative estimate of drug-likeness (QED) is 0.534. The Morgan fingerprint density at radius 1 is 1.13 bits per heavy atom. The summed E-state index contributed by atoms with van der Waals surface area (Å²) in [6.07, 6.45) is 2.07. The van der Waals surface area contributed by atoms with Gasteiger partial charge in [-0.2, -0.15) is 0 Å². The van der Waals surface area contributed by atoms with Gasteiger partial charge in [0, 0.05) is 19.2 Å². The molecule has 7 nitrogen and oxygen atoms in total. The number of aromatic nitrogens is 2. The Hall–Kier alpha value is -3.87. The van der Waals surface area contributed by atoms with Crippen molar-refractivity contribution in [3.05, 3.63) is 88.2 Å². The summed E-state index contributed by atoms with van der Waals surface area (Å²) in [5.74, 6) is 0.649. The van der Waals surface area contributed by atoms with E-state index in [2.05, 4.69) is 10.3 Å². The SMILES string of the molecule is COc1ccccc1-n1ccc(C)c(C(=O)NCCc2nc3ccccc3o2)c1=O. The summed E-state index contributed by atoms with van der Waals surface area (Å²) in [7, 11) is 1.54. The minimum Gasteiger partial charge on any atom is -0.495 e. The number of hydrogen-bond donors (Lipinski definition) is 1. The molecule has 152 valence electrons. The Balaban J connectivity index is 1.54.